The standard InChI is InChI=1S/ClHO3S.Pb.2H/c1-5(2,3)4;;;/h(H,2,3,4);;;. The Bertz CT molecular complexity index is 94.0. The molecule has 0 saturated carbocycles. The number of hydrogen-bond donors (Lipinski definition) is 1. The molecule has 0 aromatic heterocycles. The van der Waals surface area contributed by atoms with Crippen molar-refractivity contribution < 1.29 is 13.0 Å². The first-order valence-electron chi connectivity index (χ1n) is 0.670. The molecule has 6 heteroatoms. The van der Waals surface area contributed by atoms with E-state index in [1.54, 1.807) is 0 Å². The van der Waals surface area contributed by atoms with E-state index in [1.165, 1.54) is 0 Å². The maximum absolute atomic E-state index is 8.95. The number of halogens is 1. The number of rotatable bonds is 0. The summed E-state index contributed by atoms with van der Waals surface area (Å²) in [5.74, 6) is 0. The van der Waals surface area contributed by atoms with Gasteiger partial charge in [0.1, 0.15) is 0 Å². The molecule has 38 valence electrons. The summed E-state index contributed by atoms with van der Waals surface area (Å²) >= 11 is 0. The predicted octanol–water partition coefficient (Wildman–Crippen LogP) is -0.888. The molecule has 0 aromatic rings. The van der Waals surface area contributed by atoms with Gasteiger partial charge in [-0.3, -0.25) is 4.55 Å². The zero-order valence-electron chi connectivity index (χ0n) is 2.76. The third-order valence-electron chi connectivity index (χ3n) is 0. The van der Waals surface area contributed by atoms with Crippen LogP contribution < -0.4 is 0 Å². The van der Waals surface area contributed by atoms with Gasteiger partial charge in [-0.2, -0.15) is 8.42 Å². The average Bonchev–Trinajstić information content (AvgIpc) is 0.722. The summed E-state index contributed by atoms with van der Waals surface area (Å²) in [4.78, 5) is 0. The molecule has 3 nitrogen and oxygen atoms in total. The van der Waals surface area contributed by atoms with Crippen LogP contribution in [-0.4, -0.2) is 40.3 Å². The molecule has 6 heavy (non-hydrogen) atoms. The molecule has 0 amide bonds. The summed E-state index contributed by atoms with van der Waals surface area (Å²) in [6, 6.07) is 0. The van der Waals surface area contributed by atoms with Crippen molar-refractivity contribution in [2.24, 2.45) is 0 Å². The summed E-state index contributed by atoms with van der Waals surface area (Å²) in [5.41, 5.74) is 0. The third kappa shape index (κ3) is 69.1. The Balaban J connectivity index is 0. The molecule has 0 atom stereocenters. The van der Waals surface area contributed by atoms with Gasteiger partial charge in [0.2, 0.25) is 0 Å². The summed E-state index contributed by atoms with van der Waals surface area (Å²) in [7, 11) is -0.137. The Hall–Kier alpha value is 1.12. The van der Waals surface area contributed by atoms with Gasteiger partial charge in [0.25, 0.3) is 0 Å². The fourth-order valence-electron chi connectivity index (χ4n) is 0. The van der Waals surface area contributed by atoms with E-state index in [9.17, 15) is 0 Å². The molecule has 0 heterocycles. The van der Waals surface area contributed by atoms with Gasteiger partial charge in [0.15, 0.2) is 0 Å². The average molecular weight is 326 g/mol. The molecule has 0 saturated heterocycles. The first kappa shape index (κ1) is 10.2. The number of hydrogen-bond acceptors (Lipinski definition) is 2. The van der Waals surface area contributed by atoms with E-state index in [0.29, 0.717) is 0 Å². The molecule has 1 N–H and O–H groups in total. The summed E-state index contributed by atoms with van der Waals surface area (Å²) in [5, 5.41) is 0. The monoisotopic (exact) mass is 326 g/mol. The van der Waals surface area contributed by atoms with Gasteiger partial charge in [0, 0.05) is 10.7 Å². The van der Waals surface area contributed by atoms with Gasteiger partial charge in [-0.05, 0) is 0 Å². The van der Waals surface area contributed by atoms with Crippen LogP contribution in [-0.2, 0) is 9.33 Å². The van der Waals surface area contributed by atoms with Gasteiger partial charge >= 0.3 is 36.6 Å². The Labute approximate surface area is 60.1 Å². The Morgan fingerprint density at radius 1 is 1.50 bits per heavy atom. The SMILES string of the molecule is O=S(=O)(O)Cl.[PbH2]. The fourth-order valence-corrected chi connectivity index (χ4v) is 0. The Morgan fingerprint density at radius 3 is 1.50 bits per heavy atom. The summed E-state index contributed by atoms with van der Waals surface area (Å²) in [6.45, 7) is 0. The van der Waals surface area contributed by atoms with E-state index < -0.39 is 9.33 Å². The topological polar surface area (TPSA) is 54.4 Å². The van der Waals surface area contributed by atoms with E-state index in [2.05, 4.69) is 10.7 Å². The molecule has 0 aliphatic rings. The van der Waals surface area contributed by atoms with Crippen molar-refractivity contribution in [2.45, 2.75) is 0 Å². The van der Waals surface area contributed by atoms with Crippen molar-refractivity contribution in [2.75, 3.05) is 0 Å². The van der Waals surface area contributed by atoms with E-state index in [0.717, 1.165) is 0 Å². The Kier molecular flexibility index (Phi) is 5.37. The van der Waals surface area contributed by atoms with Crippen molar-refractivity contribution in [1.29, 1.82) is 0 Å². The van der Waals surface area contributed by atoms with Crippen LogP contribution in [0.5, 0.6) is 0 Å². The second-order valence-corrected chi connectivity index (χ2v) is 2.41. The van der Waals surface area contributed by atoms with Crippen LogP contribution in [0.1, 0.15) is 0 Å². The molecular weight excluding hydrogens is 323 g/mol. The van der Waals surface area contributed by atoms with Crippen LogP contribution in [0.2, 0.25) is 0 Å². The quantitative estimate of drug-likeness (QED) is 0.357. The van der Waals surface area contributed by atoms with Crippen LogP contribution in [0, 0.1) is 0 Å². The van der Waals surface area contributed by atoms with Crippen LogP contribution in [0.4, 0.5) is 0 Å². The summed E-state index contributed by atoms with van der Waals surface area (Å²) in [6.07, 6.45) is 0. The van der Waals surface area contributed by atoms with Crippen LogP contribution in [0.3, 0.4) is 0 Å². The maximum atomic E-state index is 8.95. The van der Waals surface area contributed by atoms with E-state index in [1.807, 2.05) is 0 Å². The zero-order valence-corrected chi connectivity index (χ0v) is 9.83. The summed E-state index contributed by atoms with van der Waals surface area (Å²) < 4.78 is 25.2. The third-order valence-corrected chi connectivity index (χ3v) is 0. The molecule has 0 bridgehead atoms. The molecule has 0 rings (SSSR count). The van der Waals surface area contributed by atoms with Crippen LogP contribution in [0.25, 0.3) is 0 Å². The first-order chi connectivity index (χ1) is 2.00. The molecule has 0 aliphatic carbocycles. The normalized spacial score (nSPS) is 9.67. The molecule has 0 fully saturated rings. The molecule has 0 aromatic carbocycles. The molecule has 0 aliphatic heterocycles. The second kappa shape index (κ2) is 3.17. The van der Waals surface area contributed by atoms with Crippen molar-refractivity contribution in [3.63, 3.8) is 0 Å². The molecular formula is H3ClO3PbS. The van der Waals surface area contributed by atoms with E-state index in [-0.39, 0.29) is 27.3 Å². The first-order valence-corrected chi connectivity index (χ1v) is 2.94. The van der Waals surface area contributed by atoms with E-state index >= 15 is 0 Å². The predicted molar refractivity (Wildman–Crippen MR) is 25.9 cm³/mol. The van der Waals surface area contributed by atoms with Gasteiger partial charge in [-0.1, -0.05) is 0 Å². The van der Waals surface area contributed by atoms with Crippen LogP contribution >= 0.6 is 10.7 Å². The van der Waals surface area contributed by atoms with Gasteiger partial charge in [-0.15, -0.1) is 0 Å². The van der Waals surface area contributed by atoms with Crippen molar-refractivity contribution in [3.05, 3.63) is 0 Å². The molecule has 0 spiro atoms. The van der Waals surface area contributed by atoms with Crippen molar-refractivity contribution in [1.82, 2.24) is 0 Å². The second-order valence-electron chi connectivity index (χ2n) is 0.412. The van der Waals surface area contributed by atoms with E-state index in [4.69, 9.17) is 13.0 Å². The zero-order chi connectivity index (χ0) is 4.50. The fraction of sp³-hybridized carbons (Fsp3) is 0. The minimum absolute atomic E-state index is 0. The molecule has 0 unspecified atom stereocenters. The van der Waals surface area contributed by atoms with Crippen LogP contribution in [0.15, 0.2) is 0 Å². The van der Waals surface area contributed by atoms with Crippen molar-refractivity contribution >= 4 is 47.3 Å². The van der Waals surface area contributed by atoms with Crippen molar-refractivity contribution in [3.8, 4) is 0 Å². The van der Waals surface area contributed by atoms with Gasteiger partial charge in [-0.25, -0.2) is 0 Å². The van der Waals surface area contributed by atoms with Gasteiger partial charge < -0.3 is 0 Å². The molecule has 2 radical (unpaired) electrons. The van der Waals surface area contributed by atoms with Gasteiger partial charge in [0.05, 0.1) is 0 Å². The minimum atomic E-state index is -4.19. The Morgan fingerprint density at radius 2 is 1.50 bits per heavy atom.